The average molecular weight is 442 g/mol. The number of esters is 1. The second kappa shape index (κ2) is 8.17. The van der Waals surface area contributed by atoms with Gasteiger partial charge in [-0.3, -0.25) is 0 Å². The smallest absolute Gasteiger partial charge is 0.336 e. The number of carbonyl (C=O) groups is 1. The van der Waals surface area contributed by atoms with Gasteiger partial charge in [0.1, 0.15) is 17.2 Å². The molecule has 0 aliphatic rings. The van der Waals surface area contributed by atoms with E-state index < -0.39 is 5.97 Å². The first-order valence-corrected chi connectivity index (χ1v) is 8.19. The lowest BCUT2D eigenvalue weighted by Crippen LogP contribution is -2.04. The number of rotatable bonds is 5. The minimum atomic E-state index is -0.481. The molecule has 0 aliphatic carbocycles. The Kier molecular flexibility index (Phi) is 6.24. The van der Waals surface area contributed by atoms with E-state index in [1.165, 1.54) is 6.08 Å². The number of carbonyl (C=O) groups excluding carboxylic acids is 1. The van der Waals surface area contributed by atoms with Crippen LogP contribution in [0.4, 0.5) is 0 Å². The van der Waals surface area contributed by atoms with Crippen LogP contribution in [0.5, 0.6) is 17.2 Å². The van der Waals surface area contributed by atoms with Crippen molar-refractivity contribution in [3.05, 3.63) is 57.0 Å². The molecule has 0 amide bonds. The van der Waals surface area contributed by atoms with Gasteiger partial charge in [-0.15, -0.1) is 0 Å². The number of halogens is 2. The molecule has 0 aromatic heterocycles. The predicted octanol–water partition coefficient (Wildman–Crippen LogP) is 4.85. The number of hydrogen-bond donors (Lipinski definition) is 0. The van der Waals surface area contributed by atoms with Crippen molar-refractivity contribution in [2.45, 2.75) is 0 Å². The van der Waals surface area contributed by atoms with Gasteiger partial charge in [-0.1, -0.05) is 15.9 Å². The second-order valence-corrected chi connectivity index (χ2v) is 6.21. The molecule has 0 unspecified atom stereocenters. The van der Waals surface area contributed by atoms with Crippen LogP contribution < -0.4 is 14.2 Å². The van der Waals surface area contributed by atoms with Gasteiger partial charge in [-0.2, -0.15) is 0 Å². The SMILES string of the molecule is COc1ccc(/C=C/C(=O)Oc2ccc(Br)cc2Br)c(OC)c1. The van der Waals surface area contributed by atoms with Crippen LogP contribution in [0.1, 0.15) is 5.56 Å². The first kappa shape index (κ1) is 17.6. The lowest BCUT2D eigenvalue weighted by molar-refractivity contribution is -0.128. The molecule has 0 heterocycles. The fraction of sp³-hybridized carbons (Fsp3) is 0.118. The van der Waals surface area contributed by atoms with Crippen LogP contribution in [0.15, 0.2) is 51.4 Å². The summed E-state index contributed by atoms with van der Waals surface area (Å²) in [6.45, 7) is 0. The van der Waals surface area contributed by atoms with Crippen LogP contribution in [0, 0.1) is 0 Å². The van der Waals surface area contributed by atoms with Crippen LogP contribution in [-0.2, 0) is 4.79 Å². The molecule has 2 aromatic carbocycles. The fourth-order valence-corrected chi connectivity index (χ4v) is 2.94. The first-order chi connectivity index (χ1) is 11.0. The van der Waals surface area contributed by atoms with Gasteiger partial charge in [0.15, 0.2) is 0 Å². The zero-order valence-electron chi connectivity index (χ0n) is 12.5. The second-order valence-electron chi connectivity index (χ2n) is 4.44. The summed E-state index contributed by atoms with van der Waals surface area (Å²) in [7, 11) is 3.14. The average Bonchev–Trinajstić information content (AvgIpc) is 2.55. The third kappa shape index (κ3) is 4.84. The summed E-state index contributed by atoms with van der Waals surface area (Å²) in [6, 6.07) is 10.6. The van der Waals surface area contributed by atoms with Crippen LogP contribution in [0.3, 0.4) is 0 Å². The number of methoxy groups -OCH3 is 2. The van der Waals surface area contributed by atoms with Crippen molar-refractivity contribution in [1.29, 1.82) is 0 Å². The zero-order valence-corrected chi connectivity index (χ0v) is 15.7. The molecule has 0 saturated heterocycles. The molecule has 120 valence electrons. The van der Waals surface area contributed by atoms with Crippen LogP contribution in [0.25, 0.3) is 6.08 Å². The van der Waals surface area contributed by atoms with E-state index in [0.717, 1.165) is 10.0 Å². The van der Waals surface area contributed by atoms with E-state index >= 15 is 0 Å². The van der Waals surface area contributed by atoms with Crippen LogP contribution in [-0.4, -0.2) is 20.2 Å². The predicted molar refractivity (Wildman–Crippen MR) is 96.1 cm³/mol. The third-order valence-electron chi connectivity index (χ3n) is 2.94. The molecule has 0 atom stereocenters. The summed E-state index contributed by atoms with van der Waals surface area (Å²) in [6.07, 6.45) is 2.98. The van der Waals surface area contributed by atoms with Crippen molar-refractivity contribution in [3.8, 4) is 17.2 Å². The minimum Gasteiger partial charge on any atom is -0.497 e. The van der Waals surface area contributed by atoms with Gasteiger partial charge in [0.2, 0.25) is 0 Å². The third-order valence-corrected chi connectivity index (χ3v) is 4.06. The van der Waals surface area contributed by atoms with Gasteiger partial charge >= 0.3 is 5.97 Å². The molecule has 0 saturated carbocycles. The molecule has 0 N–H and O–H groups in total. The van der Waals surface area contributed by atoms with E-state index in [4.69, 9.17) is 14.2 Å². The Morgan fingerprint density at radius 1 is 1.00 bits per heavy atom. The van der Waals surface area contributed by atoms with Crippen molar-refractivity contribution < 1.29 is 19.0 Å². The quantitative estimate of drug-likeness (QED) is 0.378. The highest BCUT2D eigenvalue weighted by molar-refractivity contribution is 9.11. The molecule has 2 aromatic rings. The van der Waals surface area contributed by atoms with Gasteiger partial charge in [0.25, 0.3) is 0 Å². The van der Waals surface area contributed by atoms with Crippen LogP contribution >= 0.6 is 31.9 Å². The number of hydrogen-bond acceptors (Lipinski definition) is 4. The molecular formula is C17H14Br2O4. The summed E-state index contributed by atoms with van der Waals surface area (Å²) in [4.78, 5) is 11.9. The summed E-state index contributed by atoms with van der Waals surface area (Å²) in [5, 5.41) is 0. The molecule has 0 radical (unpaired) electrons. The van der Waals surface area contributed by atoms with Gasteiger partial charge in [0.05, 0.1) is 18.7 Å². The van der Waals surface area contributed by atoms with E-state index in [1.807, 2.05) is 0 Å². The molecule has 4 nitrogen and oxygen atoms in total. The van der Waals surface area contributed by atoms with E-state index in [-0.39, 0.29) is 0 Å². The molecule has 2 rings (SSSR count). The minimum absolute atomic E-state index is 0.449. The molecule has 6 heteroatoms. The summed E-state index contributed by atoms with van der Waals surface area (Å²) >= 11 is 6.69. The van der Waals surface area contributed by atoms with E-state index in [2.05, 4.69) is 31.9 Å². The Labute approximate surface area is 151 Å². The highest BCUT2D eigenvalue weighted by Gasteiger charge is 2.07. The summed E-state index contributed by atoms with van der Waals surface area (Å²) in [5.41, 5.74) is 0.750. The number of benzene rings is 2. The molecule has 0 aliphatic heterocycles. The maximum Gasteiger partial charge on any atom is 0.336 e. The van der Waals surface area contributed by atoms with Gasteiger partial charge in [-0.25, -0.2) is 4.79 Å². The van der Waals surface area contributed by atoms with Crippen molar-refractivity contribution >= 4 is 43.9 Å². The monoisotopic (exact) mass is 440 g/mol. The Bertz CT molecular complexity index is 741. The lowest BCUT2D eigenvalue weighted by Gasteiger charge is -2.07. The van der Waals surface area contributed by atoms with Gasteiger partial charge in [-0.05, 0) is 52.3 Å². The standard InChI is InChI=1S/C17H14Br2O4/c1-21-13-6-3-11(16(10-13)22-2)4-8-17(20)23-15-7-5-12(18)9-14(15)19/h3-10H,1-2H3/b8-4+. The van der Waals surface area contributed by atoms with E-state index in [9.17, 15) is 4.79 Å². The fourth-order valence-electron chi connectivity index (χ4n) is 1.81. The van der Waals surface area contributed by atoms with Crippen LogP contribution in [0.2, 0.25) is 0 Å². The maximum absolute atomic E-state index is 11.9. The molecule has 23 heavy (non-hydrogen) atoms. The van der Waals surface area contributed by atoms with Crippen molar-refractivity contribution in [1.82, 2.24) is 0 Å². The Morgan fingerprint density at radius 2 is 1.78 bits per heavy atom. The van der Waals surface area contributed by atoms with Crippen molar-refractivity contribution in [2.24, 2.45) is 0 Å². The lowest BCUT2D eigenvalue weighted by atomic mass is 10.2. The van der Waals surface area contributed by atoms with Gasteiger partial charge < -0.3 is 14.2 Å². The summed E-state index contributed by atoms with van der Waals surface area (Å²) < 4.78 is 17.3. The largest absolute Gasteiger partial charge is 0.497 e. The Hall–Kier alpha value is -1.79. The molecule has 0 spiro atoms. The van der Waals surface area contributed by atoms with Gasteiger partial charge in [0, 0.05) is 22.2 Å². The van der Waals surface area contributed by atoms with E-state index in [0.29, 0.717) is 21.7 Å². The highest BCUT2D eigenvalue weighted by atomic mass is 79.9. The highest BCUT2D eigenvalue weighted by Crippen LogP contribution is 2.29. The normalized spacial score (nSPS) is 10.6. The number of ether oxygens (including phenoxy) is 3. The topological polar surface area (TPSA) is 44.8 Å². The zero-order chi connectivity index (χ0) is 16.8. The van der Waals surface area contributed by atoms with Crippen molar-refractivity contribution in [3.63, 3.8) is 0 Å². The first-order valence-electron chi connectivity index (χ1n) is 6.60. The van der Waals surface area contributed by atoms with Crippen molar-refractivity contribution in [2.75, 3.05) is 14.2 Å². The Morgan fingerprint density at radius 3 is 2.43 bits per heavy atom. The maximum atomic E-state index is 11.9. The van der Waals surface area contributed by atoms with E-state index in [1.54, 1.807) is 56.7 Å². The summed E-state index contributed by atoms with van der Waals surface area (Å²) in [5.74, 6) is 1.26. The molecule has 0 fully saturated rings. The molecule has 0 bridgehead atoms. The Balaban J connectivity index is 2.12. The molecular weight excluding hydrogens is 428 g/mol.